The van der Waals surface area contributed by atoms with Crippen LogP contribution >= 0.6 is 0 Å². The monoisotopic (exact) mass is 333 g/mol. The van der Waals surface area contributed by atoms with Crippen LogP contribution in [0.1, 0.15) is 13.3 Å². The molecule has 0 amide bonds. The van der Waals surface area contributed by atoms with Gasteiger partial charge in [0.25, 0.3) is 0 Å². The summed E-state index contributed by atoms with van der Waals surface area (Å²) in [6, 6.07) is 4.64. The van der Waals surface area contributed by atoms with Crippen LogP contribution in [-0.2, 0) is 20.8 Å². The van der Waals surface area contributed by atoms with E-state index in [0.717, 1.165) is 4.31 Å². The zero-order chi connectivity index (χ0) is 16.2. The summed E-state index contributed by atoms with van der Waals surface area (Å²) in [6.07, 6.45) is 2.37. The van der Waals surface area contributed by atoms with Crippen molar-refractivity contribution in [3.05, 3.63) is 18.2 Å². The Hall–Kier alpha value is -1.12. The summed E-state index contributed by atoms with van der Waals surface area (Å²) in [4.78, 5) is 0.190. The van der Waals surface area contributed by atoms with Crippen LogP contribution in [0.25, 0.3) is 0 Å². The second-order valence-corrected chi connectivity index (χ2v) is 8.85. The van der Waals surface area contributed by atoms with Crippen LogP contribution in [0.5, 0.6) is 0 Å². The summed E-state index contributed by atoms with van der Waals surface area (Å²) in [5, 5.41) is 3.17. The molecule has 120 valence electrons. The second kappa shape index (κ2) is 7.24. The summed E-state index contributed by atoms with van der Waals surface area (Å²) in [5.74, 6) is 0.587. The van der Waals surface area contributed by atoms with E-state index in [1.807, 2.05) is 6.92 Å². The molecule has 1 aromatic rings. The quantitative estimate of drug-likeness (QED) is 0.729. The Bertz CT molecular complexity index is 615. The van der Waals surface area contributed by atoms with Gasteiger partial charge < -0.3 is 11.1 Å². The highest BCUT2D eigenvalue weighted by Gasteiger charge is 2.18. The Labute approximate surface area is 129 Å². The molecule has 1 rings (SSSR count). The number of nitrogen functional groups attached to an aromatic ring is 1. The molecule has 0 saturated heterocycles. The maximum Gasteiger partial charge on any atom is 0.242 e. The van der Waals surface area contributed by atoms with Gasteiger partial charge in [0.05, 0.1) is 16.3 Å². The number of nitrogens with two attached hydrogens (primary N) is 1. The van der Waals surface area contributed by atoms with Gasteiger partial charge in [0.15, 0.2) is 0 Å². The van der Waals surface area contributed by atoms with Crippen molar-refractivity contribution in [2.75, 3.05) is 37.2 Å². The summed E-state index contributed by atoms with van der Waals surface area (Å²) in [6.45, 7) is 1.94. The first-order valence-corrected chi connectivity index (χ1v) is 9.70. The van der Waals surface area contributed by atoms with Gasteiger partial charge in [0, 0.05) is 42.9 Å². The minimum Gasteiger partial charge on any atom is -0.397 e. The van der Waals surface area contributed by atoms with E-state index >= 15 is 0 Å². The van der Waals surface area contributed by atoms with E-state index in [1.54, 1.807) is 12.3 Å². The highest BCUT2D eigenvalue weighted by Crippen LogP contribution is 2.25. The van der Waals surface area contributed by atoms with Gasteiger partial charge in [-0.2, -0.15) is 0 Å². The molecular formula is C13H23N3O3S2. The van der Waals surface area contributed by atoms with Gasteiger partial charge in [-0.1, -0.05) is 0 Å². The molecule has 0 aliphatic heterocycles. The minimum absolute atomic E-state index is 0.0495. The maximum atomic E-state index is 12.1. The topological polar surface area (TPSA) is 92.5 Å². The third-order valence-electron chi connectivity index (χ3n) is 3.04. The van der Waals surface area contributed by atoms with Crippen LogP contribution in [-0.4, -0.2) is 49.1 Å². The van der Waals surface area contributed by atoms with Gasteiger partial charge in [-0.3, -0.25) is 4.21 Å². The van der Waals surface area contributed by atoms with E-state index in [1.165, 1.54) is 26.2 Å². The first kappa shape index (κ1) is 17.9. The van der Waals surface area contributed by atoms with Crippen molar-refractivity contribution in [1.29, 1.82) is 0 Å². The van der Waals surface area contributed by atoms with Crippen LogP contribution in [0.2, 0.25) is 0 Å². The summed E-state index contributed by atoms with van der Waals surface area (Å²) >= 11 is 0. The standard InChI is InChI=1S/C13H23N3O3S2/c1-10(7-8-20(4)17)15-13-9-11(5-6-12(13)14)21(18,19)16(2)3/h5-6,9-10,15H,7-8,14H2,1-4H3. The molecule has 0 aliphatic carbocycles. The highest BCUT2D eigenvalue weighted by molar-refractivity contribution is 7.89. The SMILES string of the molecule is CC(CCS(C)=O)Nc1cc(S(=O)(=O)N(C)C)ccc1N. The van der Waals surface area contributed by atoms with E-state index < -0.39 is 20.8 Å². The Kier molecular flexibility index (Phi) is 6.18. The average molecular weight is 333 g/mol. The lowest BCUT2D eigenvalue weighted by Crippen LogP contribution is -2.23. The van der Waals surface area contributed by atoms with Crippen LogP contribution in [0.15, 0.2) is 23.1 Å². The summed E-state index contributed by atoms with van der Waals surface area (Å²) < 4.78 is 36.5. The molecule has 8 heteroatoms. The van der Waals surface area contributed by atoms with Crippen LogP contribution in [0.3, 0.4) is 0 Å². The van der Waals surface area contributed by atoms with E-state index in [4.69, 9.17) is 5.73 Å². The van der Waals surface area contributed by atoms with Gasteiger partial charge in [-0.15, -0.1) is 0 Å². The zero-order valence-corrected chi connectivity index (χ0v) is 14.4. The van der Waals surface area contributed by atoms with Gasteiger partial charge >= 0.3 is 0 Å². The van der Waals surface area contributed by atoms with Crippen molar-refractivity contribution in [2.45, 2.75) is 24.3 Å². The number of nitrogens with zero attached hydrogens (tertiary/aromatic N) is 1. The lowest BCUT2D eigenvalue weighted by molar-refractivity contribution is 0.521. The Morgan fingerprint density at radius 2 is 2.00 bits per heavy atom. The van der Waals surface area contributed by atoms with Crippen molar-refractivity contribution in [2.24, 2.45) is 0 Å². The van der Waals surface area contributed by atoms with E-state index in [0.29, 0.717) is 23.5 Å². The molecule has 0 bridgehead atoms. The van der Waals surface area contributed by atoms with Gasteiger partial charge in [-0.25, -0.2) is 12.7 Å². The molecule has 6 nitrogen and oxygen atoms in total. The molecule has 0 radical (unpaired) electrons. The Morgan fingerprint density at radius 1 is 1.38 bits per heavy atom. The fraction of sp³-hybridized carbons (Fsp3) is 0.538. The minimum atomic E-state index is -3.49. The Balaban J connectivity index is 2.96. The van der Waals surface area contributed by atoms with E-state index in [-0.39, 0.29) is 10.9 Å². The molecule has 2 atom stereocenters. The van der Waals surface area contributed by atoms with Crippen LogP contribution in [0, 0.1) is 0 Å². The smallest absolute Gasteiger partial charge is 0.242 e. The van der Waals surface area contributed by atoms with Gasteiger partial charge in [-0.05, 0) is 31.5 Å². The molecular weight excluding hydrogens is 310 g/mol. The molecule has 0 heterocycles. The summed E-state index contributed by atoms with van der Waals surface area (Å²) in [7, 11) is -1.37. The number of benzene rings is 1. The highest BCUT2D eigenvalue weighted by atomic mass is 32.2. The fourth-order valence-electron chi connectivity index (χ4n) is 1.71. The van der Waals surface area contributed by atoms with Gasteiger partial charge in [0.2, 0.25) is 10.0 Å². The number of anilines is 2. The van der Waals surface area contributed by atoms with Gasteiger partial charge in [0.1, 0.15) is 0 Å². The average Bonchev–Trinajstić information content (AvgIpc) is 2.38. The lowest BCUT2D eigenvalue weighted by Gasteiger charge is -2.18. The number of hydrogen-bond donors (Lipinski definition) is 2. The van der Waals surface area contributed by atoms with E-state index in [9.17, 15) is 12.6 Å². The fourth-order valence-corrected chi connectivity index (χ4v) is 3.33. The number of rotatable bonds is 7. The molecule has 0 aromatic heterocycles. The molecule has 21 heavy (non-hydrogen) atoms. The van der Waals surface area contributed by atoms with Crippen molar-refractivity contribution in [1.82, 2.24) is 4.31 Å². The third kappa shape index (κ3) is 4.98. The third-order valence-corrected chi connectivity index (χ3v) is 5.67. The normalized spacial score (nSPS) is 14.9. The molecule has 3 N–H and O–H groups in total. The maximum absolute atomic E-state index is 12.1. The molecule has 1 aromatic carbocycles. The van der Waals surface area contributed by atoms with Crippen molar-refractivity contribution in [3.8, 4) is 0 Å². The first-order valence-electron chi connectivity index (χ1n) is 6.53. The van der Waals surface area contributed by atoms with E-state index in [2.05, 4.69) is 5.32 Å². The number of hydrogen-bond acceptors (Lipinski definition) is 5. The van der Waals surface area contributed by atoms with Crippen molar-refractivity contribution in [3.63, 3.8) is 0 Å². The second-order valence-electron chi connectivity index (χ2n) is 5.15. The molecule has 0 spiro atoms. The number of sulfonamides is 1. The molecule has 0 aliphatic rings. The van der Waals surface area contributed by atoms with Crippen molar-refractivity contribution >= 4 is 32.2 Å². The first-order chi connectivity index (χ1) is 9.64. The largest absolute Gasteiger partial charge is 0.397 e. The van der Waals surface area contributed by atoms with Crippen LogP contribution in [0.4, 0.5) is 11.4 Å². The Morgan fingerprint density at radius 3 is 2.52 bits per heavy atom. The zero-order valence-electron chi connectivity index (χ0n) is 12.8. The number of nitrogens with one attached hydrogen (secondary N) is 1. The predicted octanol–water partition coefficient (Wildman–Crippen LogP) is 1.09. The molecule has 2 unspecified atom stereocenters. The summed E-state index contributed by atoms with van der Waals surface area (Å²) in [5.41, 5.74) is 6.94. The molecule has 0 fully saturated rings. The predicted molar refractivity (Wildman–Crippen MR) is 88.4 cm³/mol. The van der Waals surface area contributed by atoms with Crippen LogP contribution < -0.4 is 11.1 Å². The van der Waals surface area contributed by atoms with Crippen molar-refractivity contribution < 1.29 is 12.6 Å². The molecule has 0 saturated carbocycles. The lowest BCUT2D eigenvalue weighted by atomic mass is 10.2.